The van der Waals surface area contributed by atoms with Crippen LogP contribution >= 0.6 is 0 Å². The number of carbonyl (C=O) groups is 2. The van der Waals surface area contributed by atoms with Crippen LogP contribution in [0.5, 0.6) is 0 Å². The van der Waals surface area contributed by atoms with Crippen LogP contribution in [0.1, 0.15) is 27.0 Å². The molecule has 1 N–H and O–H groups in total. The van der Waals surface area contributed by atoms with E-state index in [0.717, 1.165) is 22.3 Å². The molecule has 4 rings (SSSR count). The van der Waals surface area contributed by atoms with Crippen LogP contribution in [0, 0.1) is 5.92 Å². The molecule has 0 saturated carbocycles. The van der Waals surface area contributed by atoms with E-state index in [2.05, 4.69) is 0 Å². The molecule has 128 valence electrons. The fourth-order valence-corrected chi connectivity index (χ4v) is 3.55. The largest absolute Gasteiger partial charge is 0.481 e. The molecule has 0 fully saturated rings. The maximum Gasteiger partial charge on any atom is 0.307 e. The summed E-state index contributed by atoms with van der Waals surface area (Å²) in [7, 11) is 0. The van der Waals surface area contributed by atoms with E-state index in [1.165, 1.54) is 0 Å². The fraction of sp³-hybridized carbons (Fsp3) is 0.130. The summed E-state index contributed by atoms with van der Waals surface area (Å²) in [6, 6.07) is 23.2. The van der Waals surface area contributed by atoms with Gasteiger partial charge in [-0.2, -0.15) is 0 Å². The molecular formula is C23H18O3. The third-order valence-corrected chi connectivity index (χ3v) is 5.00. The number of benzene rings is 3. The van der Waals surface area contributed by atoms with Crippen molar-refractivity contribution in [1.82, 2.24) is 0 Å². The lowest BCUT2D eigenvalue weighted by molar-refractivity contribution is -0.141. The Morgan fingerprint density at radius 3 is 2.04 bits per heavy atom. The first-order chi connectivity index (χ1) is 12.6. The van der Waals surface area contributed by atoms with Crippen molar-refractivity contribution in [2.75, 3.05) is 0 Å². The van der Waals surface area contributed by atoms with Gasteiger partial charge in [0.15, 0.2) is 5.78 Å². The zero-order valence-corrected chi connectivity index (χ0v) is 14.2. The van der Waals surface area contributed by atoms with Crippen molar-refractivity contribution in [2.45, 2.75) is 12.8 Å². The molecule has 3 aromatic carbocycles. The van der Waals surface area contributed by atoms with Gasteiger partial charge in [0.1, 0.15) is 0 Å². The normalized spacial score (nSPS) is 15.5. The maximum atomic E-state index is 12.8. The Hall–Kier alpha value is -3.20. The van der Waals surface area contributed by atoms with Crippen molar-refractivity contribution in [1.29, 1.82) is 0 Å². The Morgan fingerprint density at radius 1 is 0.731 bits per heavy atom. The van der Waals surface area contributed by atoms with Gasteiger partial charge in [0.25, 0.3) is 0 Å². The van der Waals surface area contributed by atoms with Gasteiger partial charge in [0, 0.05) is 11.1 Å². The maximum absolute atomic E-state index is 12.8. The van der Waals surface area contributed by atoms with E-state index in [9.17, 15) is 14.7 Å². The lowest BCUT2D eigenvalue weighted by Crippen LogP contribution is -2.12. The minimum atomic E-state index is -0.773. The second-order valence-electron chi connectivity index (χ2n) is 6.70. The van der Waals surface area contributed by atoms with Crippen molar-refractivity contribution in [3.63, 3.8) is 0 Å². The van der Waals surface area contributed by atoms with E-state index in [-0.39, 0.29) is 11.7 Å². The Balaban J connectivity index is 1.57. The van der Waals surface area contributed by atoms with Gasteiger partial charge in [-0.1, -0.05) is 66.7 Å². The minimum absolute atomic E-state index is 0.0359. The van der Waals surface area contributed by atoms with E-state index in [1.807, 2.05) is 66.7 Å². The monoisotopic (exact) mass is 342 g/mol. The van der Waals surface area contributed by atoms with Crippen molar-refractivity contribution in [3.8, 4) is 11.1 Å². The Labute approximate surface area is 151 Å². The van der Waals surface area contributed by atoms with E-state index in [0.29, 0.717) is 24.0 Å². The molecule has 1 unspecified atom stereocenters. The van der Waals surface area contributed by atoms with Gasteiger partial charge in [-0.05, 0) is 41.2 Å². The molecule has 3 aromatic rings. The van der Waals surface area contributed by atoms with E-state index >= 15 is 0 Å². The molecule has 0 saturated heterocycles. The quantitative estimate of drug-likeness (QED) is 0.716. The van der Waals surface area contributed by atoms with E-state index in [1.54, 1.807) is 6.07 Å². The van der Waals surface area contributed by atoms with Gasteiger partial charge in [-0.25, -0.2) is 0 Å². The van der Waals surface area contributed by atoms with Gasteiger partial charge >= 0.3 is 5.97 Å². The number of ketones is 1. The van der Waals surface area contributed by atoms with Crippen LogP contribution in [0.15, 0.2) is 72.8 Å². The fourth-order valence-electron chi connectivity index (χ4n) is 3.55. The number of rotatable bonds is 4. The van der Waals surface area contributed by atoms with Gasteiger partial charge in [-0.3, -0.25) is 9.59 Å². The first kappa shape index (κ1) is 16.3. The van der Waals surface area contributed by atoms with Gasteiger partial charge in [-0.15, -0.1) is 0 Å². The molecule has 0 aromatic heterocycles. The number of carboxylic acid groups (broad SMARTS) is 1. The predicted octanol–water partition coefficient (Wildman–Crippen LogP) is 4.38. The van der Waals surface area contributed by atoms with E-state index < -0.39 is 5.97 Å². The van der Waals surface area contributed by atoms with Crippen molar-refractivity contribution < 1.29 is 14.7 Å². The minimum Gasteiger partial charge on any atom is -0.481 e. The van der Waals surface area contributed by atoms with Crippen molar-refractivity contribution >= 4 is 11.8 Å². The molecule has 1 atom stereocenters. The number of fused-ring (bicyclic) bond motifs is 1. The van der Waals surface area contributed by atoms with Gasteiger partial charge < -0.3 is 5.11 Å². The van der Waals surface area contributed by atoms with E-state index in [4.69, 9.17) is 0 Å². The second kappa shape index (κ2) is 6.60. The van der Waals surface area contributed by atoms with Crippen LogP contribution in [0.2, 0.25) is 0 Å². The average molecular weight is 342 g/mol. The summed E-state index contributed by atoms with van der Waals surface area (Å²) in [4.78, 5) is 24.0. The zero-order chi connectivity index (χ0) is 18.1. The molecule has 0 spiro atoms. The third-order valence-electron chi connectivity index (χ3n) is 5.00. The van der Waals surface area contributed by atoms with Gasteiger partial charge in [0.05, 0.1) is 5.92 Å². The Morgan fingerprint density at radius 2 is 1.35 bits per heavy atom. The summed E-state index contributed by atoms with van der Waals surface area (Å²) in [5, 5.41) is 9.19. The number of carbonyl (C=O) groups excluding carboxylic acids is 1. The first-order valence-electron chi connectivity index (χ1n) is 8.66. The van der Waals surface area contributed by atoms with Crippen LogP contribution in [-0.2, 0) is 17.6 Å². The van der Waals surface area contributed by atoms with Crippen LogP contribution in [0.3, 0.4) is 0 Å². The zero-order valence-electron chi connectivity index (χ0n) is 14.2. The second-order valence-corrected chi connectivity index (χ2v) is 6.70. The van der Waals surface area contributed by atoms with Crippen molar-refractivity contribution in [3.05, 3.63) is 95.1 Å². The number of hydrogen-bond donors (Lipinski definition) is 1. The smallest absolute Gasteiger partial charge is 0.307 e. The molecule has 0 heterocycles. The summed E-state index contributed by atoms with van der Waals surface area (Å²) in [5.41, 5.74) is 5.45. The lowest BCUT2D eigenvalue weighted by Gasteiger charge is -2.06. The number of aliphatic carboxylic acids is 1. The summed E-state index contributed by atoms with van der Waals surface area (Å²) in [6.45, 7) is 0. The molecule has 0 amide bonds. The Kier molecular flexibility index (Phi) is 4.13. The molecule has 1 aliphatic rings. The highest BCUT2D eigenvalue weighted by molar-refractivity contribution is 6.09. The average Bonchev–Trinajstić information content (AvgIpc) is 3.12. The SMILES string of the molecule is O=C(c1ccc(-c2ccccc2)cc1)c1ccc2c(c1)CC(C(=O)O)C2. The number of hydrogen-bond acceptors (Lipinski definition) is 2. The van der Waals surface area contributed by atoms with Gasteiger partial charge in [0.2, 0.25) is 0 Å². The van der Waals surface area contributed by atoms with Crippen molar-refractivity contribution in [2.24, 2.45) is 5.92 Å². The molecule has 26 heavy (non-hydrogen) atoms. The lowest BCUT2D eigenvalue weighted by atomic mass is 9.97. The molecule has 3 heteroatoms. The number of carboxylic acids is 1. The molecular weight excluding hydrogens is 324 g/mol. The molecule has 0 bridgehead atoms. The summed E-state index contributed by atoms with van der Waals surface area (Å²) in [5.74, 6) is -1.18. The molecule has 0 aliphatic heterocycles. The van der Waals surface area contributed by atoms with Crippen LogP contribution in [-0.4, -0.2) is 16.9 Å². The molecule has 1 aliphatic carbocycles. The van der Waals surface area contributed by atoms with Crippen LogP contribution in [0.25, 0.3) is 11.1 Å². The standard InChI is InChI=1S/C23H18O3/c24-22(17-8-6-16(7-9-17)15-4-2-1-3-5-15)19-11-10-18-12-21(23(25)26)14-20(18)13-19/h1-11,13,21H,12,14H2,(H,25,26). The topological polar surface area (TPSA) is 54.4 Å². The Bertz CT molecular complexity index is 972. The van der Waals surface area contributed by atoms with Crippen LogP contribution in [0.4, 0.5) is 0 Å². The predicted molar refractivity (Wildman–Crippen MR) is 100 cm³/mol. The van der Waals surface area contributed by atoms with Crippen LogP contribution < -0.4 is 0 Å². The summed E-state index contributed by atoms with van der Waals surface area (Å²) < 4.78 is 0. The summed E-state index contributed by atoms with van der Waals surface area (Å²) >= 11 is 0. The highest BCUT2D eigenvalue weighted by Crippen LogP contribution is 2.29. The highest BCUT2D eigenvalue weighted by atomic mass is 16.4. The first-order valence-corrected chi connectivity index (χ1v) is 8.66. The molecule has 0 radical (unpaired) electrons. The molecule has 3 nitrogen and oxygen atoms in total. The summed E-state index contributed by atoms with van der Waals surface area (Å²) in [6.07, 6.45) is 1.05. The highest BCUT2D eigenvalue weighted by Gasteiger charge is 2.27. The third kappa shape index (κ3) is 3.04.